The van der Waals surface area contributed by atoms with Crippen LogP contribution in [0.2, 0.25) is 0 Å². The molecule has 2 aromatic rings. The molecule has 1 fully saturated rings. The number of carbonyl (C=O) groups is 1. The maximum Gasteiger partial charge on any atom is 0.240 e. The fourth-order valence-corrected chi connectivity index (χ4v) is 3.97. The number of carbonyl (C=O) groups excluding carboxylic acids is 1. The number of sulfonamides is 1. The first-order chi connectivity index (χ1) is 12.5. The van der Waals surface area contributed by atoms with E-state index in [1.165, 1.54) is 5.56 Å². The van der Waals surface area contributed by atoms with E-state index in [0.29, 0.717) is 19.4 Å². The first-order valence-electron chi connectivity index (χ1n) is 8.95. The molecule has 0 atom stereocenters. The highest BCUT2D eigenvalue weighted by molar-refractivity contribution is 7.89. The molecule has 6 heteroatoms. The lowest BCUT2D eigenvalue weighted by atomic mass is 10.1. The van der Waals surface area contributed by atoms with E-state index in [0.717, 1.165) is 24.8 Å². The van der Waals surface area contributed by atoms with Crippen molar-refractivity contribution >= 4 is 15.9 Å². The topological polar surface area (TPSA) is 75.3 Å². The maximum atomic E-state index is 12.1. The van der Waals surface area contributed by atoms with Gasteiger partial charge in [-0.15, -0.1) is 0 Å². The van der Waals surface area contributed by atoms with Crippen molar-refractivity contribution in [3.8, 4) is 0 Å². The van der Waals surface area contributed by atoms with Gasteiger partial charge >= 0.3 is 0 Å². The van der Waals surface area contributed by atoms with E-state index < -0.39 is 10.0 Å². The van der Waals surface area contributed by atoms with Gasteiger partial charge in [0, 0.05) is 19.0 Å². The van der Waals surface area contributed by atoms with Crippen molar-refractivity contribution in [1.82, 2.24) is 10.0 Å². The van der Waals surface area contributed by atoms with Crippen molar-refractivity contribution in [2.75, 3.05) is 6.54 Å². The van der Waals surface area contributed by atoms with Crippen LogP contribution in [0.3, 0.4) is 0 Å². The average Bonchev–Trinajstić information content (AvgIpc) is 3.44. The fourth-order valence-electron chi connectivity index (χ4n) is 2.66. The highest BCUT2D eigenvalue weighted by Gasteiger charge is 2.27. The van der Waals surface area contributed by atoms with Crippen LogP contribution in [0.25, 0.3) is 0 Å². The normalized spacial score (nSPS) is 14.2. The van der Waals surface area contributed by atoms with Gasteiger partial charge < -0.3 is 5.32 Å². The Balaban J connectivity index is 1.42. The van der Waals surface area contributed by atoms with Crippen LogP contribution < -0.4 is 10.0 Å². The van der Waals surface area contributed by atoms with Gasteiger partial charge in [-0.1, -0.05) is 42.5 Å². The monoisotopic (exact) mass is 372 g/mol. The third-order valence-corrected chi connectivity index (χ3v) is 5.89. The lowest BCUT2D eigenvalue weighted by Crippen LogP contribution is -2.26. The van der Waals surface area contributed by atoms with Crippen molar-refractivity contribution in [3.05, 3.63) is 65.7 Å². The van der Waals surface area contributed by atoms with Crippen LogP contribution >= 0.6 is 0 Å². The Bertz CT molecular complexity index is 829. The van der Waals surface area contributed by atoms with Crippen LogP contribution in [0.1, 0.15) is 30.4 Å². The lowest BCUT2D eigenvalue weighted by Gasteiger charge is -2.08. The summed E-state index contributed by atoms with van der Waals surface area (Å²) in [4.78, 5) is 12.2. The molecule has 1 saturated carbocycles. The smallest absolute Gasteiger partial charge is 0.240 e. The molecule has 1 aliphatic rings. The van der Waals surface area contributed by atoms with Gasteiger partial charge in [0.1, 0.15) is 0 Å². The highest BCUT2D eigenvalue weighted by atomic mass is 32.2. The fraction of sp³-hybridized carbons (Fsp3) is 0.350. The molecule has 2 aromatic carbocycles. The van der Waals surface area contributed by atoms with Crippen LogP contribution in [-0.4, -0.2) is 26.9 Å². The Kier molecular flexibility index (Phi) is 6.06. The zero-order valence-electron chi connectivity index (χ0n) is 14.6. The largest absolute Gasteiger partial charge is 0.356 e. The third kappa shape index (κ3) is 5.68. The van der Waals surface area contributed by atoms with Crippen LogP contribution in [0.4, 0.5) is 0 Å². The second-order valence-corrected chi connectivity index (χ2v) is 8.34. The third-order valence-electron chi connectivity index (χ3n) is 4.35. The molecular formula is C20H24N2O3S. The van der Waals surface area contributed by atoms with Crippen LogP contribution in [0.5, 0.6) is 0 Å². The zero-order chi connectivity index (χ0) is 18.4. The van der Waals surface area contributed by atoms with Gasteiger partial charge in [0.25, 0.3) is 0 Å². The molecule has 1 amide bonds. The molecule has 0 spiro atoms. The highest BCUT2D eigenvalue weighted by Crippen LogP contribution is 2.22. The van der Waals surface area contributed by atoms with Crippen molar-refractivity contribution in [1.29, 1.82) is 0 Å². The number of rotatable bonds is 9. The van der Waals surface area contributed by atoms with Crippen LogP contribution in [0, 0.1) is 0 Å². The summed E-state index contributed by atoms with van der Waals surface area (Å²) in [6.45, 7) is 0.618. The lowest BCUT2D eigenvalue weighted by molar-refractivity contribution is -0.121. The first kappa shape index (κ1) is 18.6. The molecular weight excluding hydrogens is 348 g/mol. The standard InChI is InChI=1S/C20H24N2O3S/c23-20(21-15-14-16-4-2-1-3-5-16)13-8-17-6-11-19(12-7-17)26(24,25)22-18-9-10-18/h1-7,11-12,18,22H,8-10,13-15H2,(H,21,23). The first-order valence-corrected chi connectivity index (χ1v) is 10.4. The van der Waals surface area contributed by atoms with E-state index in [1.807, 2.05) is 30.3 Å². The number of hydrogen-bond acceptors (Lipinski definition) is 3. The molecule has 0 aromatic heterocycles. The summed E-state index contributed by atoms with van der Waals surface area (Å²) in [7, 11) is -3.41. The number of nitrogens with one attached hydrogen (secondary N) is 2. The summed E-state index contributed by atoms with van der Waals surface area (Å²) in [5.74, 6) is 0.00743. The van der Waals surface area contributed by atoms with E-state index in [2.05, 4.69) is 10.0 Å². The van der Waals surface area contributed by atoms with Crippen LogP contribution in [-0.2, 0) is 27.7 Å². The number of benzene rings is 2. The summed E-state index contributed by atoms with van der Waals surface area (Å²) < 4.78 is 26.9. The van der Waals surface area contributed by atoms with Gasteiger partial charge in [0.15, 0.2) is 0 Å². The summed E-state index contributed by atoms with van der Waals surface area (Å²) in [6, 6.07) is 16.9. The minimum absolute atomic E-state index is 0.00743. The molecule has 5 nitrogen and oxygen atoms in total. The molecule has 3 rings (SSSR count). The molecule has 0 radical (unpaired) electrons. The Morgan fingerprint density at radius 2 is 1.58 bits per heavy atom. The summed E-state index contributed by atoms with van der Waals surface area (Å²) in [5, 5.41) is 2.92. The van der Waals surface area contributed by atoms with Gasteiger partial charge in [-0.2, -0.15) is 0 Å². The molecule has 0 heterocycles. The number of aryl methyl sites for hydroxylation is 1. The van der Waals surface area contributed by atoms with Gasteiger partial charge in [-0.05, 0) is 48.9 Å². The van der Waals surface area contributed by atoms with E-state index >= 15 is 0 Å². The average molecular weight is 372 g/mol. The predicted molar refractivity (Wildman–Crippen MR) is 101 cm³/mol. The second-order valence-electron chi connectivity index (χ2n) is 6.63. The quantitative estimate of drug-likeness (QED) is 0.710. The summed E-state index contributed by atoms with van der Waals surface area (Å²) in [6.07, 6.45) is 3.62. The SMILES string of the molecule is O=C(CCc1ccc(S(=O)(=O)NC2CC2)cc1)NCCc1ccccc1. The minimum Gasteiger partial charge on any atom is -0.356 e. The number of hydrogen-bond donors (Lipinski definition) is 2. The maximum absolute atomic E-state index is 12.1. The Labute approximate surface area is 154 Å². The van der Waals surface area contributed by atoms with Gasteiger partial charge in [-0.25, -0.2) is 13.1 Å². The van der Waals surface area contributed by atoms with E-state index in [4.69, 9.17) is 0 Å². The zero-order valence-corrected chi connectivity index (χ0v) is 15.5. The number of amides is 1. The second kappa shape index (κ2) is 8.47. The Morgan fingerprint density at radius 3 is 2.23 bits per heavy atom. The summed E-state index contributed by atoms with van der Waals surface area (Å²) >= 11 is 0. The Morgan fingerprint density at radius 1 is 0.923 bits per heavy atom. The van der Waals surface area contributed by atoms with E-state index in [-0.39, 0.29) is 16.8 Å². The molecule has 26 heavy (non-hydrogen) atoms. The molecule has 0 aliphatic heterocycles. The molecule has 138 valence electrons. The van der Waals surface area contributed by atoms with E-state index in [9.17, 15) is 13.2 Å². The van der Waals surface area contributed by atoms with Crippen molar-refractivity contribution in [3.63, 3.8) is 0 Å². The molecule has 2 N–H and O–H groups in total. The Hall–Kier alpha value is -2.18. The van der Waals surface area contributed by atoms with Crippen molar-refractivity contribution in [2.24, 2.45) is 0 Å². The van der Waals surface area contributed by atoms with Gasteiger partial charge in [0.2, 0.25) is 15.9 Å². The minimum atomic E-state index is -3.41. The van der Waals surface area contributed by atoms with Crippen LogP contribution in [0.15, 0.2) is 59.5 Å². The molecule has 0 bridgehead atoms. The molecule has 0 unspecified atom stereocenters. The summed E-state index contributed by atoms with van der Waals surface area (Å²) in [5.41, 5.74) is 2.15. The molecule has 1 aliphatic carbocycles. The van der Waals surface area contributed by atoms with E-state index in [1.54, 1.807) is 24.3 Å². The van der Waals surface area contributed by atoms with Crippen molar-refractivity contribution in [2.45, 2.75) is 43.0 Å². The predicted octanol–water partition coefficient (Wildman–Crippen LogP) is 2.42. The van der Waals surface area contributed by atoms with Crippen molar-refractivity contribution < 1.29 is 13.2 Å². The van der Waals surface area contributed by atoms with Gasteiger partial charge in [-0.3, -0.25) is 4.79 Å². The molecule has 0 saturated heterocycles. The van der Waals surface area contributed by atoms with Gasteiger partial charge in [0.05, 0.1) is 4.90 Å².